The van der Waals surface area contributed by atoms with Crippen LogP contribution in [-0.2, 0) is 4.79 Å². The number of nitrogens with zero attached hydrogens (tertiary/aromatic N) is 3. The van der Waals surface area contributed by atoms with E-state index in [1.165, 1.54) is 36.4 Å². The summed E-state index contributed by atoms with van der Waals surface area (Å²) in [6.07, 6.45) is 0. The molecule has 1 aromatic heterocycles. The Bertz CT molecular complexity index is 1410. The number of thioether (sulfide) groups is 1. The van der Waals surface area contributed by atoms with E-state index in [2.05, 4.69) is 10.3 Å². The van der Waals surface area contributed by atoms with Crippen molar-refractivity contribution < 1.29 is 14.1 Å². The lowest BCUT2D eigenvalue weighted by Crippen LogP contribution is -2.23. The molecule has 0 aliphatic carbocycles. The predicted molar refractivity (Wildman–Crippen MR) is 120 cm³/mol. The molecule has 0 fully saturated rings. The van der Waals surface area contributed by atoms with Crippen LogP contribution in [0.5, 0.6) is 0 Å². The molecule has 32 heavy (non-hydrogen) atoms. The third-order valence-corrected chi connectivity index (χ3v) is 5.48. The Morgan fingerprint density at radius 3 is 2.53 bits per heavy atom. The van der Waals surface area contributed by atoms with Crippen molar-refractivity contribution in [1.29, 1.82) is 0 Å². The van der Waals surface area contributed by atoms with Gasteiger partial charge < -0.3 is 5.32 Å². The minimum atomic E-state index is -0.613. The van der Waals surface area contributed by atoms with Gasteiger partial charge in [-0.05, 0) is 30.3 Å². The summed E-state index contributed by atoms with van der Waals surface area (Å²) in [7, 11) is 0. The SMILES string of the molecule is O=C(CSc1nc2ccccc2c(=O)n1-c1ccccc1F)Nc1ccccc1[N+](=O)[O-]. The molecule has 0 aliphatic rings. The van der Waals surface area contributed by atoms with E-state index in [0.717, 1.165) is 16.3 Å². The number of hydrogen-bond acceptors (Lipinski definition) is 6. The topological polar surface area (TPSA) is 107 Å². The van der Waals surface area contributed by atoms with E-state index in [4.69, 9.17) is 0 Å². The van der Waals surface area contributed by atoms with Crippen LogP contribution >= 0.6 is 11.8 Å². The molecular formula is C22H15FN4O4S. The second kappa shape index (κ2) is 8.98. The van der Waals surface area contributed by atoms with Crippen molar-refractivity contribution in [1.82, 2.24) is 9.55 Å². The number of carbonyl (C=O) groups excluding carboxylic acids is 1. The fraction of sp³-hybridized carbons (Fsp3) is 0.0455. The number of halogens is 1. The number of nitro benzene ring substituents is 1. The van der Waals surface area contributed by atoms with Gasteiger partial charge in [-0.25, -0.2) is 9.37 Å². The molecule has 0 atom stereocenters. The number of anilines is 1. The van der Waals surface area contributed by atoms with E-state index in [-0.39, 0.29) is 28.0 Å². The second-order valence-corrected chi connectivity index (χ2v) is 7.56. The summed E-state index contributed by atoms with van der Waals surface area (Å²) >= 11 is 0.924. The summed E-state index contributed by atoms with van der Waals surface area (Å²) < 4.78 is 15.6. The Morgan fingerprint density at radius 1 is 1.06 bits per heavy atom. The third kappa shape index (κ3) is 4.21. The average Bonchev–Trinajstić information content (AvgIpc) is 2.79. The number of fused-ring (bicyclic) bond motifs is 1. The minimum Gasteiger partial charge on any atom is -0.320 e. The standard InChI is InChI=1S/C22H15FN4O4S/c23-15-8-2-5-11-18(15)26-21(29)14-7-1-3-9-16(14)25-22(26)32-13-20(28)24-17-10-4-6-12-19(17)27(30)31/h1-12H,13H2,(H,24,28). The van der Waals surface area contributed by atoms with E-state index < -0.39 is 22.2 Å². The molecule has 160 valence electrons. The maximum atomic E-state index is 14.5. The molecule has 8 nitrogen and oxygen atoms in total. The Labute approximate surface area is 184 Å². The molecule has 3 aromatic carbocycles. The highest BCUT2D eigenvalue weighted by molar-refractivity contribution is 7.99. The molecule has 1 heterocycles. The number of aromatic nitrogens is 2. The van der Waals surface area contributed by atoms with Gasteiger partial charge in [-0.1, -0.05) is 48.2 Å². The summed E-state index contributed by atoms with van der Waals surface area (Å²) in [5.41, 5.74) is -0.231. The Kier molecular flexibility index (Phi) is 5.95. The molecule has 1 amide bonds. The maximum absolute atomic E-state index is 14.5. The molecule has 0 saturated carbocycles. The first-order valence-electron chi connectivity index (χ1n) is 9.38. The van der Waals surface area contributed by atoms with Crippen molar-refractivity contribution in [2.45, 2.75) is 5.16 Å². The van der Waals surface area contributed by atoms with Gasteiger partial charge in [-0.2, -0.15) is 0 Å². The predicted octanol–water partition coefficient (Wildman–Crippen LogP) is 4.16. The van der Waals surface area contributed by atoms with E-state index in [0.29, 0.717) is 10.9 Å². The van der Waals surface area contributed by atoms with Crippen molar-refractivity contribution >= 4 is 39.9 Å². The highest BCUT2D eigenvalue weighted by atomic mass is 32.2. The zero-order chi connectivity index (χ0) is 22.7. The monoisotopic (exact) mass is 450 g/mol. The molecule has 4 rings (SSSR count). The molecule has 0 bridgehead atoms. The van der Waals surface area contributed by atoms with Gasteiger partial charge in [0.05, 0.1) is 27.3 Å². The summed E-state index contributed by atoms with van der Waals surface area (Å²) in [4.78, 5) is 40.6. The summed E-state index contributed by atoms with van der Waals surface area (Å²) in [5.74, 6) is -1.35. The first-order valence-corrected chi connectivity index (χ1v) is 10.4. The highest BCUT2D eigenvalue weighted by Gasteiger charge is 2.19. The Morgan fingerprint density at radius 2 is 1.75 bits per heavy atom. The Balaban J connectivity index is 1.68. The van der Waals surface area contributed by atoms with E-state index >= 15 is 0 Å². The number of benzene rings is 3. The molecule has 0 spiro atoms. The average molecular weight is 450 g/mol. The van der Waals surface area contributed by atoms with Gasteiger partial charge in [0.2, 0.25) is 5.91 Å². The van der Waals surface area contributed by atoms with Crippen LogP contribution in [0.25, 0.3) is 16.6 Å². The van der Waals surface area contributed by atoms with Gasteiger partial charge in [0.15, 0.2) is 5.16 Å². The molecule has 0 unspecified atom stereocenters. The fourth-order valence-electron chi connectivity index (χ4n) is 3.11. The van der Waals surface area contributed by atoms with E-state index in [1.807, 2.05) is 0 Å². The summed E-state index contributed by atoms with van der Waals surface area (Å²) in [6.45, 7) is 0. The van der Waals surface area contributed by atoms with Gasteiger partial charge in [0.25, 0.3) is 11.2 Å². The zero-order valence-electron chi connectivity index (χ0n) is 16.4. The minimum absolute atomic E-state index is 0.0114. The summed E-state index contributed by atoms with van der Waals surface area (Å²) in [5, 5.41) is 14.1. The molecule has 10 heteroatoms. The zero-order valence-corrected chi connectivity index (χ0v) is 17.2. The van der Waals surface area contributed by atoms with Crippen LogP contribution in [0.2, 0.25) is 0 Å². The van der Waals surface area contributed by atoms with Crippen LogP contribution in [0, 0.1) is 15.9 Å². The van der Waals surface area contributed by atoms with Crippen molar-refractivity contribution in [3.05, 3.63) is 99.1 Å². The number of amides is 1. The smallest absolute Gasteiger partial charge is 0.292 e. The second-order valence-electron chi connectivity index (χ2n) is 6.61. The van der Waals surface area contributed by atoms with E-state index in [1.54, 1.807) is 36.4 Å². The lowest BCUT2D eigenvalue weighted by atomic mass is 10.2. The quantitative estimate of drug-likeness (QED) is 0.205. The summed E-state index contributed by atoms with van der Waals surface area (Å²) in [6, 6.07) is 18.2. The van der Waals surface area contributed by atoms with Crippen LogP contribution in [-0.4, -0.2) is 26.1 Å². The van der Waals surface area contributed by atoms with Gasteiger partial charge in [0, 0.05) is 6.07 Å². The number of nitro groups is 1. The molecular weight excluding hydrogens is 435 g/mol. The van der Waals surface area contributed by atoms with Crippen molar-refractivity contribution in [2.24, 2.45) is 0 Å². The number of hydrogen-bond donors (Lipinski definition) is 1. The lowest BCUT2D eigenvalue weighted by Gasteiger charge is -2.14. The number of carbonyl (C=O) groups is 1. The first kappa shape index (κ1) is 21.2. The third-order valence-electron chi connectivity index (χ3n) is 4.55. The van der Waals surface area contributed by atoms with E-state index in [9.17, 15) is 24.1 Å². The van der Waals surface area contributed by atoms with Crippen molar-refractivity contribution in [3.63, 3.8) is 0 Å². The maximum Gasteiger partial charge on any atom is 0.292 e. The number of rotatable bonds is 6. The molecule has 0 radical (unpaired) electrons. The largest absolute Gasteiger partial charge is 0.320 e. The number of nitrogens with one attached hydrogen (secondary N) is 1. The van der Waals surface area contributed by atoms with Crippen LogP contribution in [0.1, 0.15) is 0 Å². The number of para-hydroxylation sites is 4. The van der Waals surface area contributed by atoms with Crippen molar-refractivity contribution in [2.75, 3.05) is 11.1 Å². The molecule has 1 N–H and O–H groups in total. The lowest BCUT2D eigenvalue weighted by molar-refractivity contribution is -0.383. The van der Waals surface area contributed by atoms with Crippen molar-refractivity contribution in [3.8, 4) is 5.69 Å². The van der Waals surface area contributed by atoms with Gasteiger partial charge in [-0.3, -0.25) is 24.3 Å². The van der Waals surface area contributed by atoms with Crippen LogP contribution in [0.15, 0.2) is 82.7 Å². The molecule has 0 saturated heterocycles. The van der Waals surface area contributed by atoms with Crippen LogP contribution in [0.4, 0.5) is 15.8 Å². The normalized spacial score (nSPS) is 10.8. The molecule has 0 aliphatic heterocycles. The van der Waals surface area contributed by atoms with Crippen LogP contribution in [0.3, 0.4) is 0 Å². The molecule has 4 aromatic rings. The Hall–Kier alpha value is -4.05. The highest BCUT2D eigenvalue weighted by Crippen LogP contribution is 2.25. The fourth-order valence-corrected chi connectivity index (χ4v) is 3.92. The first-order chi connectivity index (χ1) is 15.5. The van der Waals surface area contributed by atoms with Crippen LogP contribution < -0.4 is 10.9 Å². The van der Waals surface area contributed by atoms with Gasteiger partial charge in [-0.15, -0.1) is 0 Å². The van der Waals surface area contributed by atoms with Gasteiger partial charge >= 0.3 is 0 Å². The van der Waals surface area contributed by atoms with Gasteiger partial charge in [0.1, 0.15) is 11.5 Å².